The van der Waals surface area contributed by atoms with Gasteiger partial charge < -0.3 is 15.9 Å². The monoisotopic (exact) mass is 121 g/mol. The van der Waals surface area contributed by atoms with Crippen LogP contribution in [0.25, 0.3) is 0 Å². The lowest BCUT2D eigenvalue weighted by atomic mass is 10.4. The van der Waals surface area contributed by atoms with Crippen LogP contribution < -0.4 is 5.73 Å². The quantitative estimate of drug-likeness (QED) is 0.389. The van der Waals surface area contributed by atoms with E-state index in [4.69, 9.17) is 20.7 Å². The number of aliphatic hydroxyl groups is 1. The Kier molecular flexibility index (Phi) is 12.5. The Labute approximate surface area is 47.9 Å². The van der Waals surface area contributed by atoms with Crippen molar-refractivity contribution >= 4 is 6.47 Å². The van der Waals surface area contributed by atoms with E-state index in [1.54, 1.807) is 6.92 Å². The van der Waals surface area contributed by atoms with Gasteiger partial charge in [0, 0.05) is 6.54 Å². The summed E-state index contributed by atoms with van der Waals surface area (Å²) in [6.07, 6.45) is -0.338. The molecule has 8 heavy (non-hydrogen) atoms. The van der Waals surface area contributed by atoms with Crippen LogP contribution in [0.15, 0.2) is 0 Å². The topological polar surface area (TPSA) is 83.5 Å². The van der Waals surface area contributed by atoms with Crippen molar-refractivity contribution in [1.29, 1.82) is 0 Å². The van der Waals surface area contributed by atoms with Crippen LogP contribution in [0.4, 0.5) is 0 Å². The molecule has 0 aromatic carbocycles. The van der Waals surface area contributed by atoms with Crippen molar-refractivity contribution in [2.24, 2.45) is 5.73 Å². The van der Waals surface area contributed by atoms with Crippen LogP contribution in [0.5, 0.6) is 0 Å². The molecule has 0 aliphatic carbocycles. The molecule has 4 N–H and O–H groups in total. The van der Waals surface area contributed by atoms with Crippen molar-refractivity contribution in [3.63, 3.8) is 0 Å². The van der Waals surface area contributed by atoms with E-state index in [0.29, 0.717) is 6.54 Å². The molecule has 4 nitrogen and oxygen atoms in total. The van der Waals surface area contributed by atoms with Gasteiger partial charge in [-0.3, -0.25) is 4.79 Å². The fourth-order valence-electron chi connectivity index (χ4n) is 0. The molecule has 0 saturated carbocycles. The first-order valence-electron chi connectivity index (χ1n) is 2.15. The normalized spacial score (nSPS) is 10.9. The summed E-state index contributed by atoms with van der Waals surface area (Å²) >= 11 is 0. The molecule has 0 spiro atoms. The Morgan fingerprint density at radius 2 is 2.00 bits per heavy atom. The van der Waals surface area contributed by atoms with Crippen LogP contribution in [-0.4, -0.2) is 29.3 Å². The smallest absolute Gasteiger partial charge is 0.290 e. The van der Waals surface area contributed by atoms with Gasteiger partial charge in [-0.2, -0.15) is 0 Å². The molecule has 0 aromatic rings. The lowest BCUT2D eigenvalue weighted by Crippen LogP contribution is -2.14. The molecule has 0 heterocycles. The number of carboxylic acid groups (broad SMARTS) is 1. The van der Waals surface area contributed by atoms with Crippen molar-refractivity contribution in [3.8, 4) is 0 Å². The second-order valence-electron chi connectivity index (χ2n) is 1.19. The molecular formula is C4H11NO3. The molecule has 1 unspecified atom stereocenters. The molecule has 50 valence electrons. The molecule has 0 rings (SSSR count). The SMILES string of the molecule is CC(O)CN.O=CO. The summed E-state index contributed by atoms with van der Waals surface area (Å²) in [5, 5.41) is 15.1. The van der Waals surface area contributed by atoms with Crippen LogP contribution in [0.3, 0.4) is 0 Å². The molecule has 0 aliphatic rings. The number of aliphatic hydroxyl groups excluding tert-OH is 1. The standard InChI is InChI=1S/C3H9NO.CH2O2/c1-3(5)2-4;2-1-3/h3,5H,2,4H2,1H3;1H,(H,2,3). The van der Waals surface area contributed by atoms with Gasteiger partial charge in [0.1, 0.15) is 0 Å². The van der Waals surface area contributed by atoms with Gasteiger partial charge in [0.15, 0.2) is 0 Å². The molecule has 0 aliphatic heterocycles. The molecule has 0 radical (unpaired) electrons. The Morgan fingerprint density at radius 3 is 2.00 bits per heavy atom. The molecule has 0 fully saturated rings. The van der Waals surface area contributed by atoms with E-state index in [0.717, 1.165) is 0 Å². The van der Waals surface area contributed by atoms with Gasteiger partial charge in [0.25, 0.3) is 6.47 Å². The number of hydrogen-bond acceptors (Lipinski definition) is 3. The highest BCUT2D eigenvalue weighted by Crippen LogP contribution is 1.65. The number of rotatable bonds is 1. The first kappa shape index (κ1) is 10.4. The van der Waals surface area contributed by atoms with Crippen LogP contribution in [0.1, 0.15) is 6.92 Å². The summed E-state index contributed by atoms with van der Waals surface area (Å²) in [5.41, 5.74) is 4.92. The Balaban J connectivity index is 0. The van der Waals surface area contributed by atoms with E-state index in [1.165, 1.54) is 0 Å². The van der Waals surface area contributed by atoms with E-state index in [1.807, 2.05) is 0 Å². The van der Waals surface area contributed by atoms with E-state index in [2.05, 4.69) is 0 Å². The average Bonchev–Trinajstić information content (AvgIpc) is 1.69. The first-order chi connectivity index (χ1) is 3.68. The third-order valence-electron chi connectivity index (χ3n) is 0.341. The van der Waals surface area contributed by atoms with Crippen LogP contribution in [0.2, 0.25) is 0 Å². The lowest BCUT2D eigenvalue weighted by Gasteiger charge is -1.91. The van der Waals surface area contributed by atoms with Gasteiger partial charge in [0.2, 0.25) is 0 Å². The average molecular weight is 121 g/mol. The minimum absolute atomic E-state index is 0.250. The van der Waals surface area contributed by atoms with Crippen LogP contribution >= 0.6 is 0 Å². The Hall–Kier alpha value is -0.610. The largest absolute Gasteiger partial charge is 0.483 e. The Morgan fingerprint density at radius 1 is 1.88 bits per heavy atom. The highest BCUT2D eigenvalue weighted by atomic mass is 16.3. The van der Waals surface area contributed by atoms with Gasteiger partial charge in [-0.15, -0.1) is 0 Å². The van der Waals surface area contributed by atoms with Gasteiger partial charge in [-0.25, -0.2) is 0 Å². The van der Waals surface area contributed by atoms with Crippen LogP contribution in [-0.2, 0) is 4.79 Å². The van der Waals surface area contributed by atoms with E-state index >= 15 is 0 Å². The van der Waals surface area contributed by atoms with Crippen molar-refractivity contribution in [2.75, 3.05) is 6.54 Å². The number of carbonyl (C=O) groups is 1. The molecule has 0 aromatic heterocycles. The number of nitrogens with two attached hydrogens (primary N) is 1. The zero-order valence-corrected chi connectivity index (χ0v) is 4.74. The van der Waals surface area contributed by atoms with Crippen molar-refractivity contribution in [3.05, 3.63) is 0 Å². The highest BCUT2D eigenvalue weighted by molar-refractivity contribution is 5.32. The maximum atomic E-state index is 8.36. The predicted octanol–water partition coefficient (Wildman–Crippen LogP) is -0.973. The molecule has 1 atom stereocenters. The second-order valence-corrected chi connectivity index (χ2v) is 1.19. The number of hydrogen-bond donors (Lipinski definition) is 3. The lowest BCUT2D eigenvalue weighted by molar-refractivity contribution is -0.122. The second kappa shape index (κ2) is 9.63. The molecule has 4 heteroatoms. The van der Waals surface area contributed by atoms with Crippen LogP contribution in [0, 0.1) is 0 Å². The zero-order chi connectivity index (χ0) is 6.99. The third-order valence-corrected chi connectivity index (χ3v) is 0.341. The highest BCUT2D eigenvalue weighted by Gasteiger charge is 1.81. The van der Waals surface area contributed by atoms with Crippen molar-refractivity contribution in [1.82, 2.24) is 0 Å². The maximum absolute atomic E-state index is 8.36. The van der Waals surface area contributed by atoms with E-state index in [9.17, 15) is 0 Å². The fourth-order valence-corrected chi connectivity index (χ4v) is 0. The van der Waals surface area contributed by atoms with Gasteiger partial charge >= 0.3 is 0 Å². The molecule has 0 saturated heterocycles. The predicted molar refractivity (Wildman–Crippen MR) is 29.4 cm³/mol. The summed E-state index contributed by atoms with van der Waals surface area (Å²) in [5.74, 6) is 0. The summed E-state index contributed by atoms with van der Waals surface area (Å²) in [6.45, 7) is 1.76. The minimum atomic E-state index is -0.338. The fraction of sp³-hybridized carbons (Fsp3) is 0.750. The summed E-state index contributed by atoms with van der Waals surface area (Å²) in [4.78, 5) is 8.36. The van der Waals surface area contributed by atoms with Gasteiger partial charge in [0.05, 0.1) is 6.10 Å². The van der Waals surface area contributed by atoms with E-state index < -0.39 is 0 Å². The zero-order valence-electron chi connectivity index (χ0n) is 4.74. The summed E-state index contributed by atoms with van der Waals surface area (Å²) < 4.78 is 0. The first-order valence-corrected chi connectivity index (χ1v) is 2.15. The van der Waals surface area contributed by atoms with Crippen molar-refractivity contribution < 1.29 is 15.0 Å². The minimum Gasteiger partial charge on any atom is -0.483 e. The molecule has 0 bridgehead atoms. The van der Waals surface area contributed by atoms with Gasteiger partial charge in [-0.05, 0) is 6.92 Å². The molecular weight excluding hydrogens is 110 g/mol. The summed E-state index contributed by atoms with van der Waals surface area (Å²) in [7, 11) is 0. The third kappa shape index (κ3) is 53.8. The van der Waals surface area contributed by atoms with Gasteiger partial charge in [-0.1, -0.05) is 0 Å². The van der Waals surface area contributed by atoms with E-state index in [-0.39, 0.29) is 12.6 Å². The summed E-state index contributed by atoms with van der Waals surface area (Å²) in [6, 6.07) is 0. The van der Waals surface area contributed by atoms with Crippen molar-refractivity contribution in [2.45, 2.75) is 13.0 Å². The maximum Gasteiger partial charge on any atom is 0.290 e. The molecule has 0 amide bonds. The Bertz CT molecular complexity index is 46.5.